The third-order valence-electron chi connectivity index (χ3n) is 5.10. The number of esters is 1. The maximum atomic E-state index is 12.9. The van der Waals surface area contributed by atoms with Crippen LogP contribution in [0.5, 0.6) is 0 Å². The summed E-state index contributed by atoms with van der Waals surface area (Å²) in [6.45, 7) is 7.93. The predicted octanol–water partition coefficient (Wildman–Crippen LogP) is 3.16. The average molecular weight is 466 g/mol. The minimum Gasteiger partial charge on any atom is -0.459 e. The maximum Gasteiger partial charge on any atom is 0.411 e. The van der Waals surface area contributed by atoms with Gasteiger partial charge in [0, 0.05) is 6.54 Å². The molecule has 2 rings (SSSR count). The summed E-state index contributed by atoms with van der Waals surface area (Å²) in [4.78, 5) is 39.3. The topological polar surface area (TPSA) is 107 Å². The molecule has 1 aliphatic rings. The van der Waals surface area contributed by atoms with E-state index in [4.69, 9.17) is 14.2 Å². The van der Waals surface area contributed by atoms with E-state index in [2.05, 4.69) is 10.1 Å². The number of alkyl carbamates (subject to hydrolysis) is 1. The second-order valence-electron chi connectivity index (χ2n) is 9.20. The average Bonchev–Trinajstić information content (AvgIpc) is 2.75. The van der Waals surface area contributed by atoms with Crippen LogP contribution in [0.4, 0.5) is 9.59 Å². The van der Waals surface area contributed by atoms with Crippen molar-refractivity contribution in [2.24, 2.45) is 0 Å². The van der Waals surface area contributed by atoms with Crippen molar-refractivity contribution in [3.8, 4) is 0 Å². The second kappa shape index (κ2) is 12.4. The number of rotatable bonds is 8. The van der Waals surface area contributed by atoms with E-state index in [0.29, 0.717) is 25.9 Å². The van der Waals surface area contributed by atoms with Gasteiger partial charge in [-0.3, -0.25) is 4.90 Å². The van der Waals surface area contributed by atoms with Gasteiger partial charge in [0.1, 0.15) is 38.1 Å². The first-order valence-electron chi connectivity index (χ1n) is 11.3. The molecule has 9 nitrogen and oxygen atoms in total. The monoisotopic (exact) mass is 465 g/mol. The highest BCUT2D eigenvalue weighted by molar-refractivity contribution is 5.82. The van der Waals surface area contributed by atoms with Crippen molar-refractivity contribution in [3.05, 3.63) is 35.9 Å². The van der Waals surface area contributed by atoms with Gasteiger partial charge in [0.2, 0.25) is 0 Å². The molecular weight excluding hydrogens is 428 g/mol. The molecule has 33 heavy (non-hydrogen) atoms. The van der Waals surface area contributed by atoms with Gasteiger partial charge in [0.25, 0.3) is 0 Å². The molecule has 3 unspecified atom stereocenters. The van der Waals surface area contributed by atoms with Gasteiger partial charge in [-0.25, -0.2) is 14.4 Å². The second-order valence-corrected chi connectivity index (χ2v) is 9.20. The molecule has 1 fully saturated rings. The van der Waals surface area contributed by atoms with Crippen molar-refractivity contribution in [2.45, 2.75) is 77.4 Å². The number of hydrogen-bond acceptors (Lipinski definition) is 6. The number of hydrogen-bond donors (Lipinski definition) is 1. The molecule has 0 spiro atoms. The van der Waals surface area contributed by atoms with Crippen LogP contribution in [-0.2, 0) is 25.6 Å². The number of aliphatic hydroxyl groups is 2. The molecule has 184 valence electrons. The minimum atomic E-state index is -0.789. The first-order valence-corrected chi connectivity index (χ1v) is 11.3. The molecule has 0 radical (unpaired) electrons. The highest BCUT2D eigenvalue weighted by atomic mass is 16.6. The Bertz CT molecular complexity index is 779. The van der Waals surface area contributed by atoms with Gasteiger partial charge in [-0.2, -0.15) is 0 Å². The van der Waals surface area contributed by atoms with E-state index in [1.165, 1.54) is 4.90 Å². The zero-order chi connectivity index (χ0) is 24.4. The first-order chi connectivity index (χ1) is 15.6. The third kappa shape index (κ3) is 9.29. The lowest BCUT2D eigenvalue weighted by atomic mass is 9.98. The quantitative estimate of drug-likeness (QED) is 0.359. The summed E-state index contributed by atoms with van der Waals surface area (Å²) >= 11 is 0. The van der Waals surface area contributed by atoms with E-state index >= 15 is 0 Å². The van der Waals surface area contributed by atoms with Crippen LogP contribution in [0.15, 0.2) is 30.3 Å². The number of ether oxygens (including phenoxy) is 4. The fourth-order valence-corrected chi connectivity index (χ4v) is 3.43. The Morgan fingerprint density at radius 2 is 1.88 bits per heavy atom. The summed E-state index contributed by atoms with van der Waals surface area (Å²) in [6, 6.07) is 8.18. The van der Waals surface area contributed by atoms with Gasteiger partial charge in [-0.05, 0) is 46.1 Å². The number of carbonyl (C=O) groups is 3. The Labute approximate surface area is 195 Å². The molecule has 0 aromatic heterocycles. The van der Waals surface area contributed by atoms with Crippen LogP contribution >= 0.6 is 0 Å². The molecule has 0 aliphatic carbocycles. The minimum absolute atomic E-state index is 0.119. The summed E-state index contributed by atoms with van der Waals surface area (Å²) in [5.74, 6) is -0.498. The fraction of sp³-hybridized carbons (Fsp3) is 0.625. The Balaban J connectivity index is 2.01. The van der Waals surface area contributed by atoms with Crippen LogP contribution < -0.4 is 5.32 Å². The molecular formula is C24H37N2O7+. The number of piperidine rings is 1. The number of carbonyl (C=O) groups excluding carboxylic acids is 3. The molecule has 2 N–H and O–H groups in total. The van der Waals surface area contributed by atoms with E-state index in [0.717, 1.165) is 5.56 Å². The summed E-state index contributed by atoms with van der Waals surface area (Å²) in [5, 5.41) is 2.80. The predicted molar refractivity (Wildman–Crippen MR) is 123 cm³/mol. The summed E-state index contributed by atoms with van der Waals surface area (Å²) in [7, 11) is 1.71. The normalized spacial score (nSPS) is 19.4. The van der Waals surface area contributed by atoms with Crippen molar-refractivity contribution >= 4 is 18.2 Å². The van der Waals surface area contributed by atoms with Crippen LogP contribution in [-0.4, -0.2) is 71.8 Å². The van der Waals surface area contributed by atoms with E-state index in [9.17, 15) is 14.4 Å². The molecule has 0 saturated carbocycles. The molecule has 9 heteroatoms. The molecule has 2 amide bonds. The van der Waals surface area contributed by atoms with Crippen LogP contribution in [0, 0.1) is 0 Å². The number of amides is 2. The van der Waals surface area contributed by atoms with Gasteiger partial charge < -0.3 is 24.3 Å². The van der Waals surface area contributed by atoms with Gasteiger partial charge >= 0.3 is 18.2 Å². The van der Waals surface area contributed by atoms with Crippen molar-refractivity contribution in [1.82, 2.24) is 10.2 Å². The van der Waals surface area contributed by atoms with Crippen LogP contribution in [0.1, 0.15) is 52.5 Å². The van der Waals surface area contributed by atoms with Crippen molar-refractivity contribution in [3.63, 3.8) is 0 Å². The van der Waals surface area contributed by atoms with Gasteiger partial charge in [0.15, 0.2) is 0 Å². The highest BCUT2D eigenvalue weighted by Crippen LogP contribution is 2.22. The Morgan fingerprint density at radius 1 is 1.18 bits per heavy atom. The Hall–Kier alpha value is -2.81. The van der Waals surface area contributed by atoms with Crippen LogP contribution in [0.25, 0.3) is 0 Å². The SMILES string of the molecule is C[OH+]CCC(C)OC(=O)NC1CCC(C(=O)OCc2ccccc2)N(C(=O)OC(C)(C)C)C1. The molecule has 1 aromatic carbocycles. The lowest BCUT2D eigenvalue weighted by molar-refractivity contribution is -0.152. The number of benzene rings is 1. The lowest BCUT2D eigenvalue weighted by Gasteiger charge is -2.38. The van der Waals surface area contributed by atoms with E-state index < -0.39 is 29.8 Å². The van der Waals surface area contributed by atoms with E-state index in [1.807, 2.05) is 30.3 Å². The maximum absolute atomic E-state index is 12.9. The fourth-order valence-electron chi connectivity index (χ4n) is 3.43. The number of nitrogens with one attached hydrogen (secondary N) is 1. The molecule has 1 aliphatic heterocycles. The molecule has 1 heterocycles. The van der Waals surface area contributed by atoms with Gasteiger partial charge in [-0.1, -0.05) is 30.3 Å². The van der Waals surface area contributed by atoms with Crippen LogP contribution in [0.2, 0.25) is 0 Å². The molecule has 3 atom stereocenters. The van der Waals surface area contributed by atoms with Gasteiger partial charge in [-0.15, -0.1) is 0 Å². The first kappa shape index (κ1) is 26.4. The van der Waals surface area contributed by atoms with Crippen molar-refractivity contribution in [2.75, 3.05) is 20.3 Å². The van der Waals surface area contributed by atoms with Gasteiger partial charge in [0.05, 0.1) is 12.5 Å². The summed E-state index contributed by atoms with van der Waals surface area (Å²) < 4.78 is 20.3. The van der Waals surface area contributed by atoms with E-state index in [1.54, 1.807) is 34.8 Å². The number of nitrogens with zero attached hydrogens (tertiary/aromatic N) is 1. The van der Waals surface area contributed by atoms with Crippen molar-refractivity contribution in [1.29, 1.82) is 0 Å². The molecule has 0 bridgehead atoms. The largest absolute Gasteiger partial charge is 0.459 e. The zero-order valence-electron chi connectivity index (χ0n) is 20.2. The Kier molecular flexibility index (Phi) is 9.96. The summed E-state index contributed by atoms with van der Waals surface area (Å²) in [6.07, 6.45) is 0.00792. The molecule has 1 saturated heterocycles. The summed E-state index contributed by atoms with van der Waals surface area (Å²) in [5.41, 5.74) is 0.131. The standard InChI is InChI=1S/C24H36N2O7/c1-17(13-14-30-5)32-22(28)25-19-11-12-20(26(15-19)23(29)33-24(2,3)4)21(27)31-16-18-9-7-6-8-10-18/h6-10,17,19-20H,11-16H2,1-5H3,(H,25,28)/p+1. The van der Waals surface area contributed by atoms with Crippen molar-refractivity contribution < 1.29 is 33.3 Å². The number of likely N-dealkylation sites (tertiary alicyclic amines) is 1. The van der Waals surface area contributed by atoms with Crippen LogP contribution in [0.3, 0.4) is 0 Å². The lowest BCUT2D eigenvalue weighted by Crippen LogP contribution is -2.57. The third-order valence-corrected chi connectivity index (χ3v) is 5.10. The Morgan fingerprint density at radius 3 is 2.52 bits per heavy atom. The molecule has 1 aromatic rings. The smallest absolute Gasteiger partial charge is 0.411 e. The van der Waals surface area contributed by atoms with E-state index in [-0.39, 0.29) is 25.3 Å². The highest BCUT2D eigenvalue weighted by Gasteiger charge is 2.39. The zero-order valence-corrected chi connectivity index (χ0v) is 20.2.